The summed E-state index contributed by atoms with van der Waals surface area (Å²) in [5.74, 6) is 0.0197. The maximum atomic E-state index is 11.0. The Morgan fingerprint density at radius 2 is 2.29 bits per heavy atom. The van der Waals surface area contributed by atoms with Gasteiger partial charge < -0.3 is 4.74 Å². The Bertz CT molecular complexity index is 358. The summed E-state index contributed by atoms with van der Waals surface area (Å²) < 4.78 is 6.78. The molecule has 0 saturated heterocycles. The predicted molar refractivity (Wildman–Crippen MR) is 52.7 cm³/mol. The molecule has 0 radical (unpaired) electrons. The minimum absolute atomic E-state index is 0.464. The van der Waals surface area contributed by atoms with E-state index >= 15 is 0 Å². The van der Waals surface area contributed by atoms with Crippen LogP contribution in [-0.2, 0) is 11.3 Å². The second-order valence-corrected chi connectivity index (χ2v) is 2.61. The van der Waals surface area contributed by atoms with Crippen molar-refractivity contribution in [3.8, 4) is 5.88 Å². The number of hydrogen-bond donors (Lipinski definition) is 0. The molecule has 0 amide bonds. The van der Waals surface area contributed by atoms with Gasteiger partial charge in [0.15, 0.2) is 12.7 Å². The van der Waals surface area contributed by atoms with Crippen molar-refractivity contribution in [2.24, 2.45) is 0 Å². The Balaban J connectivity index is 2.88. The summed E-state index contributed by atoms with van der Waals surface area (Å²) in [6.45, 7) is 7.54. The molecule has 0 N–H and O–H groups in total. The Morgan fingerprint density at radius 3 is 2.93 bits per heavy atom. The van der Waals surface area contributed by atoms with Crippen LogP contribution in [0.25, 0.3) is 0 Å². The number of carbonyl (C=O) groups is 1. The highest BCUT2D eigenvalue weighted by molar-refractivity contribution is 5.82. The van der Waals surface area contributed by atoms with Crippen LogP contribution in [0.1, 0.15) is 0 Å². The zero-order valence-electron chi connectivity index (χ0n) is 7.85. The minimum atomic E-state index is -0.464. The van der Waals surface area contributed by atoms with Gasteiger partial charge in [-0.15, -0.1) is 0 Å². The van der Waals surface area contributed by atoms with Gasteiger partial charge in [0.2, 0.25) is 0 Å². The van der Waals surface area contributed by atoms with Crippen LogP contribution in [0.5, 0.6) is 5.88 Å². The van der Waals surface area contributed by atoms with Gasteiger partial charge in [-0.05, 0) is 12.1 Å². The molecule has 0 aliphatic rings. The Labute approximate surface area is 82.9 Å². The van der Waals surface area contributed by atoms with E-state index in [4.69, 9.17) is 4.74 Å². The average molecular weight is 190 g/mol. The van der Waals surface area contributed by atoms with Crippen molar-refractivity contribution >= 4 is 5.97 Å². The van der Waals surface area contributed by atoms with Crippen LogP contribution in [0.2, 0.25) is 0 Å². The SMILES string of the molecule is C=CC[n+]1ccccc1OC(=O)C=C. The third kappa shape index (κ3) is 2.55. The second kappa shape index (κ2) is 4.97. The molecule has 1 heterocycles. The molecule has 0 aliphatic carbocycles. The molecular weight excluding hydrogens is 178 g/mol. The van der Waals surface area contributed by atoms with Crippen LogP contribution in [0.3, 0.4) is 0 Å². The number of allylic oxidation sites excluding steroid dienone is 1. The van der Waals surface area contributed by atoms with Gasteiger partial charge in [0, 0.05) is 12.1 Å². The largest absolute Gasteiger partial charge is 0.376 e. The molecule has 0 bridgehead atoms. The van der Waals surface area contributed by atoms with E-state index in [1.54, 1.807) is 22.8 Å². The molecule has 3 nitrogen and oxygen atoms in total. The number of carbonyl (C=O) groups excluding carboxylic acids is 1. The van der Waals surface area contributed by atoms with Gasteiger partial charge in [-0.3, -0.25) is 0 Å². The van der Waals surface area contributed by atoms with Crippen molar-refractivity contribution in [3.05, 3.63) is 49.7 Å². The van der Waals surface area contributed by atoms with Gasteiger partial charge in [-0.2, -0.15) is 4.57 Å². The fourth-order valence-electron chi connectivity index (χ4n) is 0.988. The Morgan fingerprint density at radius 1 is 1.50 bits per heavy atom. The lowest BCUT2D eigenvalue weighted by atomic mass is 10.4. The van der Waals surface area contributed by atoms with Crippen molar-refractivity contribution in [1.29, 1.82) is 0 Å². The second-order valence-electron chi connectivity index (χ2n) is 2.61. The standard InChI is InChI=1S/C11H12NO2/c1-3-8-12-9-6-5-7-10(12)14-11(13)4-2/h3-7,9H,1-2,8H2/q+1. The fraction of sp³-hybridized carbons (Fsp3) is 0.0909. The Hall–Kier alpha value is -1.90. The fourth-order valence-corrected chi connectivity index (χ4v) is 0.988. The van der Waals surface area contributed by atoms with E-state index in [0.29, 0.717) is 12.4 Å². The number of nitrogens with zero attached hydrogens (tertiary/aromatic N) is 1. The molecule has 1 rings (SSSR count). The lowest BCUT2D eigenvalue weighted by Gasteiger charge is -1.99. The highest BCUT2D eigenvalue weighted by Gasteiger charge is 2.11. The first-order valence-electron chi connectivity index (χ1n) is 4.21. The van der Waals surface area contributed by atoms with Gasteiger partial charge in [0.1, 0.15) is 0 Å². The third-order valence-electron chi connectivity index (χ3n) is 1.60. The van der Waals surface area contributed by atoms with Gasteiger partial charge in [0.25, 0.3) is 0 Å². The molecular formula is C11H12NO2+. The number of aromatic nitrogens is 1. The number of rotatable bonds is 4. The zero-order valence-corrected chi connectivity index (χ0v) is 7.85. The van der Waals surface area contributed by atoms with Crippen LogP contribution in [0.15, 0.2) is 49.7 Å². The summed E-state index contributed by atoms with van der Waals surface area (Å²) in [4.78, 5) is 11.0. The molecule has 3 heteroatoms. The molecule has 0 unspecified atom stereocenters. The molecule has 0 aromatic carbocycles. The normalized spacial score (nSPS) is 9.14. The highest BCUT2D eigenvalue weighted by Crippen LogP contribution is 2.02. The van der Waals surface area contributed by atoms with E-state index in [1.165, 1.54) is 0 Å². The lowest BCUT2D eigenvalue weighted by molar-refractivity contribution is -0.690. The van der Waals surface area contributed by atoms with Gasteiger partial charge >= 0.3 is 11.8 Å². The van der Waals surface area contributed by atoms with E-state index in [1.807, 2.05) is 12.3 Å². The topological polar surface area (TPSA) is 30.2 Å². The summed E-state index contributed by atoms with van der Waals surface area (Å²) in [7, 11) is 0. The summed E-state index contributed by atoms with van der Waals surface area (Å²) in [6, 6.07) is 5.37. The molecule has 0 aliphatic heterocycles. The summed E-state index contributed by atoms with van der Waals surface area (Å²) in [5.41, 5.74) is 0. The molecule has 0 fully saturated rings. The molecule has 72 valence electrons. The first kappa shape index (κ1) is 10.2. The van der Waals surface area contributed by atoms with Crippen molar-refractivity contribution in [2.75, 3.05) is 0 Å². The number of pyridine rings is 1. The maximum Gasteiger partial charge on any atom is 0.376 e. The van der Waals surface area contributed by atoms with Gasteiger partial charge in [-0.25, -0.2) is 4.79 Å². The van der Waals surface area contributed by atoms with E-state index in [0.717, 1.165) is 6.08 Å². The molecule has 1 aromatic rings. The Kier molecular flexibility index (Phi) is 3.61. The molecule has 14 heavy (non-hydrogen) atoms. The van der Waals surface area contributed by atoms with Crippen LogP contribution in [-0.4, -0.2) is 5.97 Å². The average Bonchev–Trinajstić information content (AvgIpc) is 2.21. The van der Waals surface area contributed by atoms with Crippen LogP contribution >= 0.6 is 0 Å². The number of esters is 1. The monoisotopic (exact) mass is 190 g/mol. The van der Waals surface area contributed by atoms with E-state index in [2.05, 4.69) is 13.2 Å². The summed E-state index contributed by atoms with van der Waals surface area (Å²) in [6.07, 6.45) is 4.67. The van der Waals surface area contributed by atoms with Crippen LogP contribution in [0.4, 0.5) is 0 Å². The molecule has 1 aromatic heterocycles. The lowest BCUT2D eigenvalue weighted by Crippen LogP contribution is -2.35. The minimum Gasteiger partial charge on any atom is -0.367 e. The van der Waals surface area contributed by atoms with Gasteiger partial charge in [-0.1, -0.05) is 13.2 Å². The van der Waals surface area contributed by atoms with Crippen molar-refractivity contribution in [1.82, 2.24) is 0 Å². The van der Waals surface area contributed by atoms with Crippen molar-refractivity contribution < 1.29 is 14.1 Å². The number of ether oxygens (including phenoxy) is 1. The van der Waals surface area contributed by atoms with Crippen molar-refractivity contribution in [3.63, 3.8) is 0 Å². The van der Waals surface area contributed by atoms with Crippen LogP contribution < -0.4 is 9.30 Å². The first-order chi connectivity index (χ1) is 6.77. The summed E-state index contributed by atoms with van der Waals surface area (Å²) >= 11 is 0. The maximum absolute atomic E-state index is 11.0. The van der Waals surface area contributed by atoms with E-state index in [-0.39, 0.29) is 0 Å². The molecule has 0 spiro atoms. The van der Waals surface area contributed by atoms with Gasteiger partial charge in [0.05, 0.1) is 6.07 Å². The molecule has 0 atom stereocenters. The highest BCUT2D eigenvalue weighted by atomic mass is 16.5. The first-order valence-corrected chi connectivity index (χ1v) is 4.21. The summed E-state index contributed by atoms with van der Waals surface area (Å²) in [5, 5.41) is 0. The number of hydrogen-bond acceptors (Lipinski definition) is 2. The molecule has 0 saturated carbocycles. The van der Waals surface area contributed by atoms with E-state index in [9.17, 15) is 4.79 Å². The predicted octanol–water partition coefficient (Wildman–Crippen LogP) is 1.25. The zero-order chi connectivity index (χ0) is 10.4. The third-order valence-corrected chi connectivity index (χ3v) is 1.60. The smallest absolute Gasteiger partial charge is 0.367 e. The van der Waals surface area contributed by atoms with Crippen LogP contribution in [0, 0.1) is 0 Å². The van der Waals surface area contributed by atoms with Crippen molar-refractivity contribution in [2.45, 2.75) is 6.54 Å². The quantitative estimate of drug-likeness (QED) is 0.309. The van der Waals surface area contributed by atoms with E-state index < -0.39 is 5.97 Å².